The summed E-state index contributed by atoms with van der Waals surface area (Å²) in [6, 6.07) is 18.8. The lowest BCUT2D eigenvalue weighted by Crippen LogP contribution is -2.41. The average molecular weight is 559 g/mol. The van der Waals surface area contributed by atoms with Gasteiger partial charge in [0.1, 0.15) is 0 Å². The minimum atomic E-state index is -0.0346. The van der Waals surface area contributed by atoms with Crippen LogP contribution < -0.4 is 24.3 Å². The van der Waals surface area contributed by atoms with Crippen LogP contribution in [0.3, 0.4) is 0 Å². The van der Waals surface area contributed by atoms with Gasteiger partial charge in [-0.1, -0.05) is 30.3 Å². The van der Waals surface area contributed by atoms with Gasteiger partial charge >= 0.3 is 0 Å². The van der Waals surface area contributed by atoms with Gasteiger partial charge in [0, 0.05) is 6.04 Å². The van der Waals surface area contributed by atoms with E-state index < -0.39 is 0 Å². The molecule has 1 aliphatic carbocycles. The predicted molar refractivity (Wildman–Crippen MR) is 160 cm³/mol. The Hall–Kier alpha value is -3.71. The summed E-state index contributed by atoms with van der Waals surface area (Å²) >= 11 is 0. The lowest BCUT2D eigenvalue weighted by atomic mass is 9.92. The first-order valence-corrected chi connectivity index (χ1v) is 14.6. The van der Waals surface area contributed by atoms with Crippen LogP contribution >= 0.6 is 0 Å². The lowest BCUT2D eigenvalue weighted by molar-refractivity contribution is -0.123. The highest BCUT2D eigenvalue weighted by atomic mass is 16.5. The molecule has 0 bridgehead atoms. The fourth-order valence-electron chi connectivity index (χ4n) is 6.27. The fourth-order valence-corrected chi connectivity index (χ4v) is 6.27. The topological polar surface area (TPSA) is 69.3 Å². The van der Waals surface area contributed by atoms with E-state index in [2.05, 4.69) is 52.7 Å². The summed E-state index contributed by atoms with van der Waals surface area (Å²) in [5, 5.41) is 3.34. The van der Waals surface area contributed by atoms with Gasteiger partial charge in [-0.15, -0.1) is 0 Å². The monoisotopic (exact) mass is 558 g/mol. The molecule has 0 saturated heterocycles. The number of hydrogen-bond acceptors (Lipinski definition) is 6. The van der Waals surface area contributed by atoms with Gasteiger partial charge in [-0.25, -0.2) is 0 Å². The normalized spacial score (nSPS) is 18.3. The molecule has 1 N–H and O–H groups in total. The minimum absolute atomic E-state index is 0.00759. The second kappa shape index (κ2) is 12.9. The molecule has 7 nitrogen and oxygen atoms in total. The van der Waals surface area contributed by atoms with E-state index in [1.165, 1.54) is 22.3 Å². The zero-order chi connectivity index (χ0) is 28.9. The molecule has 2 atom stereocenters. The molecule has 218 valence electrons. The quantitative estimate of drug-likeness (QED) is 0.338. The maximum Gasteiger partial charge on any atom is 0.234 e. The Labute approximate surface area is 243 Å². The number of ether oxygens (including phenoxy) is 4. The Kier molecular flexibility index (Phi) is 9.03. The van der Waals surface area contributed by atoms with Gasteiger partial charge in [0.05, 0.1) is 40.0 Å². The molecule has 0 saturated carbocycles. The molecule has 2 unspecified atom stereocenters. The van der Waals surface area contributed by atoms with Gasteiger partial charge in [0.2, 0.25) is 5.91 Å². The first kappa shape index (κ1) is 28.8. The molecule has 2 aliphatic rings. The Morgan fingerprint density at radius 3 is 2.39 bits per heavy atom. The highest BCUT2D eigenvalue weighted by Crippen LogP contribution is 2.40. The SMILES string of the molecule is COc1ccc(CC2c3cc(OC(C)C)c(OC)cc3CCCN2CC(=O)NC2CCc3ccccc32)cc1OC. The zero-order valence-corrected chi connectivity index (χ0v) is 24.9. The molecule has 0 aromatic heterocycles. The van der Waals surface area contributed by atoms with Crippen LogP contribution in [0.2, 0.25) is 0 Å². The number of rotatable bonds is 10. The molecule has 3 aromatic rings. The van der Waals surface area contributed by atoms with Crippen molar-refractivity contribution in [3.63, 3.8) is 0 Å². The molecule has 0 fully saturated rings. The van der Waals surface area contributed by atoms with Crippen LogP contribution in [-0.2, 0) is 24.1 Å². The van der Waals surface area contributed by atoms with E-state index in [1.807, 2.05) is 26.0 Å². The van der Waals surface area contributed by atoms with Crippen molar-refractivity contribution in [1.82, 2.24) is 10.2 Å². The molecule has 0 radical (unpaired) electrons. The summed E-state index contributed by atoms with van der Waals surface area (Å²) in [6.45, 7) is 5.17. The van der Waals surface area contributed by atoms with Crippen molar-refractivity contribution in [3.05, 3.63) is 82.4 Å². The number of carbonyl (C=O) groups excluding carboxylic acids is 1. The van der Waals surface area contributed by atoms with Gasteiger partial charge in [-0.2, -0.15) is 0 Å². The van der Waals surface area contributed by atoms with Crippen molar-refractivity contribution >= 4 is 5.91 Å². The van der Waals surface area contributed by atoms with Crippen molar-refractivity contribution in [2.45, 2.75) is 64.1 Å². The Morgan fingerprint density at radius 2 is 1.63 bits per heavy atom. The van der Waals surface area contributed by atoms with E-state index in [0.717, 1.165) is 49.3 Å². The Morgan fingerprint density at radius 1 is 0.878 bits per heavy atom. The number of fused-ring (bicyclic) bond motifs is 2. The molecule has 3 aromatic carbocycles. The molecule has 1 heterocycles. The Balaban J connectivity index is 1.47. The Bertz CT molecular complexity index is 1370. The summed E-state index contributed by atoms with van der Waals surface area (Å²) in [4.78, 5) is 15.9. The average Bonchev–Trinajstić information content (AvgIpc) is 3.30. The molecule has 41 heavy (non-hydrogen) atoms. The standard InChI is InChI=1S/C34H42N2O5/c1-22(2)41-33-20-27-25(19-32(33)40-5)10-8-16-36(29(27)17-23-12-15-30(38-3)31(18-23)39-4)21-34(37)35-28-14-13-24-9-6-7-11-26(24)28/h6-7,9,11-12,15,18-20,22,28-29H,8,10,13-14,16-17,21H2,1-5H3,(H,35,37). The third-order valence-corrected chi connectivity index (χ3v) is 8.17. The molecular weight excluding hydrogens is 516 g/mol. The summed E-state index contributed by atoms with van der Waals surface area (Å²) in [5.41, 5.74) is 6.09. The summed E-state index contributed by atoms with van der Waals surface area (Å²) in [7, 11) is 4.98. The van der Waals surface area contributed by atoms with Crippen LogP contribution in [0, 0.1) is 0 Å². The number of hydrogen-bond donors (Lipinski definition) is 1. The van der Waals surface area contributed by atoms with Gasteiger partial charge in [-0.3, -0.25) is 9.69 Å². The number of benzene rings is 3. The first-order chi connectivity index (χ1) is 19.9. The van der Waals surface area contributed by atoms with Crippen molar-refractivity contribution < 1.29 is 23.7 Å². The minimum Gasteiger partial charge on any atom is -0.493 e. The summed E-state index contributed by atoms with van der Waals surface area (Å²) < 4.78 is 23.0. The van der Waals surface area contributed by atoms with Crippen molar-refractivity contribution in [1.29, 1.82) is 0 Å². The maximum atomic E-state index is 13.6. The number of amides is 1. The lowest BCUT2D eigenvalue weighted by Gasteiger charge is -2.32. The smallest absolute Gasteiger partial charge is 0.234 e. The van der Waals surface area contributed by atoms with E-state index in [-0.39, 0.29) is 24.1 Å². The second-order valence-corrected chi connectivity index (χ2v) is 11.2. The predicted octanol–water partition coefficient (Wildman–Crippen LogP) is 5.84. The van der Waals surface area contributed by atoms with E-state index in [9.17, 15) is 4.79 Å². The number of nitrogens with one attached hydrogen (secondary N) is 1. The van der Waals surface area contributed by atoms with E-state index in [4.69, 9.17) is 18.9 Å². The molecular formula is C34H42N2O5. The highest BCUT2D eigenvalue weighted by molar-refractivity contribution is 5.79. The number of methoxy groups -OCH3 is 3. The van der Waals surface area contributed by atoms with Gasteiger partial charge in [0.15, 0.2) is 23.0 Å². The molecule has 1 amide bonds. The van der Waals surface area contributed by atoms with Crippen LogP contribution in [0.5, 0.6) is 23.0 Å². The van der Waals surface area contributed by atoms with Crippen LogP contribution in [0.4, 0.5) is 0 Å². The zero-order valence-electron chi connectivity index (χ0n) is 24.9. The molecule has 5 rings (SSSR count). The molecule has 0 spiro atoms. The van der Waals surface area contributed by atoms with Crippen LogP contribution in [0.1, 0.15) is 66.6 Å². The first-order valence-electron chi connectivity index (χ1n) is 14.6. The number of aryl methyl sites for hydroxylation is 2. The van der Waals surface area contributed by atoms with E-state index >= 15 is 0 Å². The van der Waals surface area contributed by atoms with Crippen LogP contribution in [0.15, 0.2) is 54.6 Å². The summed E-state index contributed by atoms with van der Waals surface area (Å²) in [5.74, 6) is 2.92. The molecule has 7 heteroatoms. The van der Waals surface area contributed by atoms with Gasteiger partial charge in [-0.05, 0) is 105 Å². The van der Waals surface area contributed by atoms with Gasteiger partial charge in [0.25, 0.3) is 0 Å². The maximum absolute atomic E-state index is 13.6. The third kappa shape index (κ3) is 6.46. The third-order valence-electron chi connectivity index (χ3n) is 8.17. The fraction of sp³-hybridized carbons (Fsp3) is 0.441. The number of carbonyl (C=O) groups is 1. The van der Waals surface area contributed by atoms with Crippen LogP contribution in [-0.4, -0.2) is 51.3 Å². The van der Waals surface area contributed by atoms with E-state index in [0.29, 0.717) is 24.5 Å². The van der Waals surface area contributed by atoms with Crippen molar-refractivity contribution in [3.8, 4) is 23.0 Å². The van der Waals surface area contributed by atoms with Gasteiger partial charge < -0.3 is 24.3 Å². The van der Waals surface area contributed by atoms with Crippen LogP contribution in [0.25, 0.3) is 0 Å². The summed E-state index contributed by atoms with van der Waals surface area (Å²) in [6.07, 6.45) is 4.51. The second-order valence-electron chi connectivity index (χ2n) is 11.2. The van der Waals surface area contributed by atoms with Crippen molar-refractivity contribution in [2.75, 3.05) is 34.4 Å². The molecule has 1 aliphatic heterocycles. The largest absolute Gasteiger partial charge is 0.493 e. The highest BCUT2D eigenvalue weighted by Gasteiger charge is 2.31. The number of nitrogens with zero attached hydrogens (tertiary/aromatic N) is 1. The van der Waals surface area contributed by atoms with E-state index in [1.54, 1.807) is 21.3 Å². The van der Waals surface area contributed by atoms with Crippen molar-refractivity contribution in [2.24, 2.45) is 0 Å².